The third-order valence-electron chi connectivity index (χ3n) is 3.57. The lowest BCUT2D eigenvalue weighted by Gasteiger charge is -2.52. The van der Waals surface area contributed by atoms with E-state index in [1.807, 2.05) is 0 Å². The van der Waals surface area contributed by atoms with Crippen LogP contribution in [0.25, 0.3) is 0 Å². The van der Waals surface area contributed by atoms with Crippen LogP contribution in [0.15, 0.2) is 24.3 Å². The highest BCUT2D eigenvalue weighted by Gasteiger charge is 2.78. The van der Waals surface area contributed by atoms with Crippen LogP contribution >= 0.6 is 0 Å². The number of hydrogen-bond acceptors (Lipinski definition) is 1. The van der Waals surface area contributed by atoms with Gasteiger partial charge in [-0.05, 0) is 24.6 Å². The first-order valence-corrected chi connectivity index (χ1v) is 5.74. The van der Waals surface area contributed by atoms with Crippen molar-refractivity contribution in [2.24, 2.45) is 0 Å². The molecule has 1 aliphatic carbocycles. The van der Waals surface area contributed by atoms with Gasteiger partial charge in [-0.25, -0.2) is 0 Å². The largest absolute Gasteiger partial charge is 0.326 e. The molecular formula is C13H13F4NO. The van der Waals surface area contributed by atoms with E-state index < -0.39 is 23.7 Å². The molecule has 1 aliphatic rings. The Hall–Kier alpha value is -1.59. The molecule has 1 unspecified atom stereocenters. The van der Waals surface area contributed by atoms with Gasteiger partial charge in [-0.1, -0.05) is 12.1 Å². The molecule has 0 saturated heterocycles. The molecule has 2 rings (SSSR count). The van der Waals surface area contributed by atoms with Crippen molar-refractivity contribution in [3.8, 4) is 0 Å². The van der Waals surface area contributed by atoms with E-state index >= 15 is 0 Å². The van der Waals surface area contributed by atoms with Crippen molar-refractivity contribution in [3.05, 3.63) is 29.8 Å². The summed E-state index contributed by atoms with van der Waals surface area (Å²) in [5.74, 6) is -8.31. The monoisotopic (exact) mass is 275 g/mol. The maximum Gasteiger partial charge on any atom is 0.319 e. The van der Waals surface area contributed by atoms with Gasteiger partial charge in [0.25, 0.3) is 0 Å². The number of rotatable bonds is 2. The normalized spacial score (nSPS) is 27.5. The summed E-state index contributed by atoms with van der Waals surface area (Å²) in [4.78, 5) is 10.8. The smallest absolute Gasteiger partial charge is 0.319 e. The molecule has 19 heavy (non-hydrogen) atoms. The van der Waals surface area contributed by atoms with Gasteiger partial charge in [0.15, 0.2) is 0 Å². The number of anilines is 1. The summed E-state index contributed by atoms with van der Waals surface area (Å²) in [6.45, 7) is 2.44. The fraction of sp³-hybridized carbons (Fsp3) is 0.462. The molecule has 1 N–H and O–H groups in total. The predicted octanol–water partition coefficient (Wildman–Crippen LogP) is 3.58. The zero-order chi connectivity index (χ0) is 14.5. The van der Waals surface area contributed by atoms with Gasteiger partial charge in [0.1, 0.15) is 0 Å². The van der Waals surface area contributed by atoms with E-state index in [-0.39, 0.29) is 11.5 Å². The van der Waals surface area contributed by atoms with E-state index in [9.17, 15) is 22.4 Å². The predicted molar refractivity (Wildman–Crippen MR) is 62.6 cm³/mol. The average Bonchev–Trinajstić information content (AvgIpc) is 2.28. The number of benzene rings is 1. The summed E-state index contributed by atoms with van der Waals surface area (Å²) in [6.07, 6.45) is -0.882. The fourth-order valence-corrected chi connectivity index (χ4v) is 2.37. The van der Waals surface area contributed by atoms with Gasteiger partial charge in [0.05, 0.1) is 5.41 Å². The summed E-state index contributed by atoms with van der Waals surface area (Å²) >= 11 is 0. The molecule has 0 heterocycles. The van der Waals surface area contributed by atoms with Gasteiger partial charge < -0.3 is 5.32 Å². The summed E-state index contributed by atoms with van der Waals surface area (Å²) in [7, 11) is 0. The molecule has 1 aromatic carbocycles. The summed E-state index contributed by atoms with van der Waals surface area (Å²) < 4.78 is 53.0. The van der Waals surface area contributed by atoms with Gasteiger partial charge in [-0.3, -0.25) is 4.79 Å². The van der Waals surface area contributed by atoms with Crippen LogP contribution < -0.4 is 5.32 Å². The molecule has 0 radical (unpaired) electrons. The first-order valence-electron chi connectivity index (χ1n) is 5.74. The molecule has 1 amide bonds. The Bertz CT molecular complexity index is 512. The van der Waals surface area contributed by atoms with Crippen molar-refractivity contribution in [2.45, 2.75) is 37.5 Å². The highest BCUT2D eigenvalue weighted by molar-refractivity contribution is 5.88. The third-order valence-corrected chi connectivity index (χ3v) is 3.57. The second kappa shape index (κ2) is 3.95. The van der Waals surface area contributed by atoms with E-state index in [0.29, 0.717) is 5.69 Å². The highest BCUT2D eigenvalue weighted by atomic mass is 19.3. The lowest BCUT2D eigenvalue weighted by atomic mass is 9.60. The molecule has 0 aromatic heterocycles. The van der Waals surface area contributed by atoms with Gasteiger partial charge in [-0.15, -0.1) is 0 Å². The van der Waals surface area contributed by atoms with Crippen LogP contribution in [0, 0.1) is 0 Å². The minimum absolute atomic E-state index is 0.137. The lowest BCUT2D eigenvalue weighted by molar-refractivity contribution is -0.323. The van der Waals surface area contributed by atoms with Gasteiger partial charge >= 0.3 is 11.8 Å². The van der Waals surface area contributed by atoms with E-state index in [2.05, 4.69) is 5.32 Å². The Labute approximate surface area is 107 Å². The van der Waals surface area contributed by atoms with Crippen molar-refractivity contribution >= 4 is 11.6 Å². The summed E-state index contributed by atoms with van der Waals surface area (Å²) in [5.41, 5.74) is -1.29. The number of carbonyl (C=O) groups is 1. The Kier molecular flexibility index (Phi) is 2.88. The number of amides is 1. The number of nitrogens with one attached hydrogen (secondary N) is 1. The molecule has 0 aliphatic heterocycles. The minimum Gasteiger partial charge on any atom is -0.326 e. The zero-order valence-corrected chi connectivity index (χ0v) is 10.4. The number of halogens is 4. The zero-order valence-electron chi connectivity index (χ0n) is 10.4. The molecule has 0 bridgehead atoms. The highest BCUT2D eigenvalue weighted by Crippen LogP contribution is 2.63. The van der Waals surface area contributed by atoms with Crippen LogP contribution in [0.5, 0.6) is 0 Å². The molecule has 6 heteroatoms. The maximum atomic E-state index is 13.5. The van der Waals surface area contributed by atoms with E-state index in [1.54, 1.807) is 0 Å². The van der Waals surface area contributed by atoms with Crippen LogP contribution in [-0.4, -0.2) is 17.8 Å². The van der Waals surface area contributed by atoms with Crippen molar-refractivity contribution in [1.29, 1.82) is 0 Å². The third kappa shape index (κ3) is 1.89. The summed E-state index contributed by atoms with van der Waals surface area (Å²) in [6, 6.07) is 5.53. The van der Waals surface area contributed by atoms with E-state index in [4.69, 9.17) is 0 Å². The second-order valence-corrected chi connectivity index (χ2v) is 5.05. The quantitative estimate of drug-likeness (QED) is 0.821. The topological polar surface area (TPSA) is 29.1 Å². The number of hydrogen-bond donors (Lipinski definition) is 1. The van der Waals surface area contributed by atoms with Gasteiger partial charge in [-0.2, -0.15) is 17.6 Å². The Morgan fingerprint density at radius 2 is 1.68 bits per heavy atom. The van der Waals surface area contributed by atoms with E-state index in [0.717, 1.165) is 6.92 Å². The molecule has 1 atom stereocenters. The SMILES string of the molecule is CC(=O)Nc1ccc(C2(C)CC(F)(F)C2(F)F)cc1. The number of alkyl halides is 4. The standard InChI is InChI=1S/C13H13F4NO/c1-8(19)18-10-5-3-9(4-6-10)11(2)7-12(14,15)13(11,16)17/h3-6H,7H2,1-2H3,(H,18,19). The fourth-order valence-electron chi connectivity index (χ4n) is 2.37. The van der Waals surface area contributed by atoms with Crippen molar-refractivity contribution in [1.82, 2.24) is 0 Å². The second-order valence-electron chi connectivity index (χ2n) is 5.05. The van der Waals surface area contributed by atoms with Crippen LogP contribution in [0.3, 0.4) is 0 Å². The van der Waals surface area contributed by atoms with Crippen molar-refractivity contribution in [3.63, 3.8) is 0 Å². The average molecular weight is 275 g/mol. The van der Waals surface area contributed by atoms with Crippen LogP contribution in [-0.2, 0) is 10.2 Å². The summed E-state index contributed by atoms with van der Waals surface area (Å²) in [5, 5.41) is 2.48. The minimum atomic E-state index is -4.06. The first-order chi connectivity index (χ1) is 8.60. The van der Waals surface area contributed by atoms with Crippen LogP contribution in [0.4, 0.5) is 23.2 Å². The van der Waals surface area contributed by atoms with Gasteiger partial charge in [0.2, 0.25) is 5.91 Å². The lowest BCUT2D eigenvalue weighted by Crippen LogP contribution is -2.67. The molecule has 1 fully saturated rings. The van der Waals surface area contributed by atoms with Crippen LogP contribution in [0.1, 0.15) is 25.8 Å². The molecule has 2 nitrogen and oxygen atoms in total. The van der Waals surface area contributed by atoms with Crippen molar-refractivity contribution in [2.75, 3.05) is 5.32 Å². The van der Waals surface area contributed by atoms with E-state index in [1.165, 1.54) is 31.2 Å². The molecule has 104 valence electrons. The Morgan fingerprint density at radius 3 is 2.05 bits per heavy atom. The number of carbonyl (C=O) groups excluding carboxylic acids is 1. The Balaban J connectivity index is 2.27. The molecule has 1 saturated carbocycles. The van der Waals surface area contributed by atoms with Gasteiger partial charge in [0, 0.05) is 19.0 Å². The maximum absolute atomic E-state index is 13.5. The first kappa shape index (κ1) is 13.8. The molecule has 0 spiro atoms. The molecular weight excluding hydrogens is 262 g/mol. The van der Waals surface area contributed by atoms with Crippen LogP contribution in [0.2, 0.25) is 0 Å². The Morgan fingerprint density at radius 1 is 1.16 bits per heavy atom. The molecule has 1 aromatic rings. The van der Waals surface area contributed by atoms with Crippen molar-refractivity contribution < 1.29 is 22.4 Å².